The van der Waals surface area contributed by atoms with Gasteiger partial charge in [-0.05, 0) is 49.1 Å². The number of anilines is 1. The van der Waals surface area contributed by atoms with Gasteiger partial charge in [0, 0.05) is 19.2 Å². The Morgan fingerprint density at radius 3 is 2.24 bits per heavy atom. The minimum atomic E-state index is -0.973. The third-order valence-corrected chi connectivity index (χ3v) is 3.71. The molecule has 0 saturated heterocycles. The molecule has 0 fully saturated rings. The Hall–Kier alpha value is -1.88. The van der Waals surface area contributed by atoms with Crippen molar-refractivity contribution >= 4 is 17.6 Å². The van der Waals surface area contributed by atoms with Gasteiger partial charge >= 0.3 is 5.97 Å². The second-order valence-electron chi connectivity index (χ2n) is 6.01. The predicted octanol–water partition coefficient (Wildman–Crippen LogP) is 2.50. The SMILES string of the molecule is CN(C(=O)CCC(C)(C)CCN)c1ccc(C(=O)O)cc1. The van der Waals surface area contributed by atoms with E-state index in [1.54, 1.807) is 24.1 Å². The van der Waals surface area contributed by atoms with Gasteiger partial charge in [-0.1, -0.05) is 13.8 Å². The van der Waals surface area contributed by atoms with Crippen molar-refractivity contribution in [1.29, 1.82) is 0 Å². The van der Waals surface area contributed by atoms with Crippen LogP contribution in [0.4, 0.5) is 5.69 Å². The molecule has 0 aliphatic carbocycles. The third kappa shape index (κ3) is 5.19. The summed E-state index contributed by atoms with van der Waals surface area (Å²) >= 11 is 0. The number of hydrogen-bond acceptors (Lipinski definition) is 3. The zero-order valence-electron chi connectivity index (χ0n) is 12.9. The number of carboxylic acids is 1. The quantitative estimate of drug-likeness (QED) is 0.808. The van der Waals surface area contributed by atoms with Crippen LogP contribution < -0.4 is 10.6 Å². The summed E-state index contributed by atoms with van der Waals surface area (Å²) in [6.45, 7) is 4.83. The van der Waals surface area contributed by atoms with Crippen molar-refractivity contribution in [2.24, 2.45) is 11.1 Å². The standard InChI is InChI=1S/C16H24N2O3/c1-16(2,10-11-17)9-8-14(19)18(3)13-6-4-12(5-7-13)15(20)21/h4-7H,8-11,17H2,1-3H3,(H,20,21). The highest BCUT2D eigenvalue weighted by Crippen LogP contribution is 2.26. The second kappa shape index (κ2) is 7.22. The first-order valence-electron chi connectivity index (χ1n) is 7.07. The molecule has 1 rings (SSSR count). The lowest BCUT2D eigenvalue weighted by Gasteiger charge is -2.25. The molecule has 1 aromatic rings. The van der Waals surface area contributed by atoms with Crippen LogP contribution in [0.5, 0.6) is 0 Å². The summed E-state index contributed by atoms with van der Waals surface area (Å²) in [4.78, 5) is 24.6. The molecule has 0 aromatic heterocycles. The van der Waals surface area contributed by atoms with Crippen molar-refractivity contribution in [3.63, 3.8) is 0 Å². The first kappa shape index (κ1) is 17.2. The maximum Gasteiger partial charge on any atom is 0.335 e. The number of aromatic carboxylic acids is 1. The van der Waals surface area contributed by atoms with Crippen LogP contribution in [0.3, 0.4) is 0 Å². The Labute approximate surface area is 125 Å². The molecule has 0 spiro atoms. The van der Waals surface area contributed by atoms with E-state index < -0.39 is 5.97 Å². The van der Waals surface area contributed by atoms with E-state index in [0.717, 1.165) is 12.8 Å². The molecule has 5 heteroatoms. The first-order chi connectivity index (χ1) is 9.76. The van der Waals surface area contributed by atoms with Crippen molar-refractivity contribution in [2.45, 2.75) is 33.1 Å². The molecular weight excluding hydrogens is 268 g/mol. The van der Waals surface area contributed by atoms with E-state index in [-0.39, 0.29) is 16.9 Å². The normalized spacial score (nSPS) is 11.2. The molecule has 0 radical (unpaired) electrons. The van der Waals surface area contributed by atoms with Gasteiger partial charge in [0.05, 0.1) is 5.56 Å². The highest BCUT2D eigenvalue weighted by Gasteiger charge is 2.20. The van der Waals surface area contributed by atoms with Crippen LogP contribution in [0.1, 0.15) is 43.5 Å². The zero-order chi connectivity index (χ0) is 16.0. The summed E-state index contributed by atoms with van der Waals surface area (Å²) in [7, 11) is 1.70. The smallest absolute Gasteiger partial charge is 0.335 e. The lowest BCUT2D eigenvalue weighted by atomic mass is 9.84. The van der Waals surface area contributed by atoms with Crippen molar-refractivity contribution in [2.75, 3.05) is 18.5 Å². The number of nitrogens with two attached hydrogens (primary N) is 1. The summed E-state index contributed by atoms with van der Waals surface area (Å²) in [5, 5.41) is 8.86. The Morgan fingerprint density at radius 2 is 1.76 bits per heavy atom. The Kier molecular flexibility index (Phi) is 5.90. The molecule has 0 bridgehead atoms. The average Bonchev–Trinajstić information content (AvgIpc) is 2.44. The van der Waals surface area contributed by atoms with Gasteiger partial charge in [0.1, 0.15) is 0 Å². The van der Waals surface area contributed by atoms with Crippen LogP contribution in [0, 0.1) is 5.41 Å². The Bertz CT molecular complexity index is 495. The number of carbonyl (C=O) groups is 2. The molecular formula is C16H24N2O3. The fourth-order valence-electron chi connectivity index (χ4n) is 2.10. The van der Waals surface area contributed by atoms with Gasteiger partial charge in [-0.15, -0.1) is 0 Å². The van der Waals surface area contributed by atoms with Gasteiger partial charge in [-0.25, -0.2) is 4.79 Å². The summed E-state index contributed by atoms with van der Waals surface area (Å²) in [6.07, 6.45) is 2.11. The number of hydrogen-bond donors (Lipinski definition) is 2. The monoisotopic (exact) mass is 292 g/mol. The van der Waals surface area contributed by atoms with Crippen molar-refractivity contribution in [1.82, 2.24) is 0 Å². The minimum absolute atomic E-state index is 0.0168. The van der Waals surface area contributed by atoms with Crippen LogP contribution in [0.2, 0.25) is 0 Å². The molecule has 0 unspecified atom stereocenters. The van der Waals surface area contributed by atoms with E-state index in [9.17, 15) is 9.59 Å². The topological polar surface area (TPSA) is 83.6 Å². The summed E-state index contributed by atoms with van der Waals surface area (Å²) in [5.41, 5.74) is 6.53. The van der Waals surface area contributed by atoms with E-state index in [4.69, 9.17) is 10.8 Å². The fraction of sp³-hybridized carbons (Fsp3) is 0.500. The molecule has 0 aliphatic heterocycles. The average molecular weight is 292 g/mol. The summed E-state index contributed by atoms with van der Waals surface area (Å²) in [5.74, 6) is -0.956. The molecule has 21 heavy (non-hydrogen) atoms. The van der Waals surface area contributed by atoms with Gasteiger partial charge in [0.15, 0.2) is 0 Å². The van der Waals surface area contributed by atoms with Gasteiger partial charge < -0.3 is 15.7 Å². The van der Waals surface area contributed by atoms with Crippen LogP contribution in [0.25, 0.3) is 0 Å². The number of rotatable bonds is 7. The van der Waals surface area contributed by atoms with Crippen molar-refractivity contribution in [3.05, 3.63) is 29.8 Å². The third-order valence-electron chi connectivity index (χ3n) is 3.71. The maximum atomic E-state index is 12.2. The van der Waals surface area contributed by atoms with E-state index in [1.165, 1.54) is 12.1 Å². The maximum absolute atomic E-state index is 12.2. The largest absolute Gasteiger partial charge is 0.478 e. The number of nitrogens with zero attached hydrogens (tertiary/aromatic N) is 1. The molecule has 3 N–H and O–H groups in total. The predicted molar refractivity (Wildman–Crippen MR) is 83.5 cm³/mol. The highest BCUT2D eigenvalue weighted by atomic mass is 16.4. The van der Waals surface area contributed by atoms with Crippen LogP contribution in [0.15, 0.2) is 24.3 Å². The summed E-state index contributed by atoms with van der Waals surface area (Å²) in [6, 6.07) is 6.29. The van der Waals surface area contributed by atoms with E-state index in [2.05, 4.69) is 13.8 Å². The molecule has 0 aliphatic rings. The molecule has 5 nitrogen and oxygen atoms in total. The van der Waals surface area contributed by atoms with Gasteiger partial charge in [0.2, 0.25) is 5.91 Å². The number of benzene rings is 1. The molecule has 1 amide bonds. The zero-order valence-corrected chi connectivity index (χ0v) is 12.9. The van der Waals surface area contributed by atoms with Crippen molar-refractivity contribution < 1.29 is 14.7 Å². The van der Waals surface area contributed by atoms with E-state index in [1.807, 2.05) is 0 Å². The van der Waals surface area contributed by atoms with Gasteiger partial charge in [-0.3, -0.25) is 4.79 Å². The van der Waals surface area contributed by atoms with Crippen LogP contribution in [-0.2, 0) is 4.79 Å². The lowest BCUT2D eigenvalue weighted by molar-refractivity contribution is -0.118. The second-order valence-corrected chi connectivity index (χ2v) is 6.01. The lowest BCUT2D eigenvalue weighted by Crippen LogP contribution is -2.28. The number of carbonyl (C=O) groups excluding carboxylic acids is 1. The molecule has 1 aromatic carbocycles. The van der Waals surface area contributed by atoms with Gasteiger partial charge in [-0.2, -0.15) is 0 Å². The van der Waals surface area contributed by atoms with Crippen LogP contribution >= 0.6 is 0 Å². The van der Waals surface area contributed by atoms with E-state index >= 15 is 0 Å². The Morgan fingerprint density at radius 1 is 1.19 bits per heavy atom. The first-order valence-corrected chi connectivity index (χ1v) is 7.07. The summed E-state index contributed by atoms with van der Waals surface area (Å²) < 4.78 is 0. The van der Waals surface area contributed by atoms with Crippen molar-refractivity contribution in [3.8, 4) is 0 Å². The molecule has 0 saturated carbocycles. The number of carboxylic acid groups (broad SMARTS) is 1. The molecule has 116 valence electrons. The fourth-order valence-corrected chi connectivity index (χ4v) is 2.10. The number of amides is 1. The van der Waals surface area contributed by atoms with Gasteiger partial charge in [0.25, 0.3) is 0 Å². The Balaban J connectivity index is 2.64. The van der Waals surface area contributed by atoms with Crippen LogP contribution in [-0.4, -0.2) is 30.6 Å². The molecule has 0 atom stereocenters. The minimum Gasteiger partial charge on any atom is -0.478 e. The highest BCUT2D eigenvalue weighted by molar-refractivity contribution is 5.94. The molecule has 0 heterocycles. The van der Waals surface area contributed by atoms with E-state index in [0.29, 0.717) is 18.7 Å².